The molecule has 0 spiro atoms. The summed E-state index contributed by atoms with van der Waals surface area (Å²) in [6.07, 6.45) is 4.20. The first-order chi connectivity index (χ1) is 9.69. The Labute approximate surface area is 126 Å². The smallest absolute Gasteiger partial charge is 0.244 e. The Hall–Kier alpha value is -1.38. The largest absolute Gasteiger partial charge is 0.310 e. The average molecular weight is 334 g/mol. The van der Waals surface area contributed by atoms with Gasteiger partial charge in [-0.3, -0.25) is 4.79 Å². The van der Waals surface area contributed by atoms with Crippen molar-refractivity contribution >= 4 is 27.5 Å². The van der Waals surface area contributed by atoms with Crippen LogP contribution in [0.4, 0.5) is 5.69 Å². The summed E-state index contributed by atoms with van der Waals surface area (Å²) in [6.45, 7) is 0.687. The summed E-state index contributed by atoms with van der Waals surface area (Å²) in [6, 6.07) is 8.03. The van der Waals surface area contributed by atoms with Crippen LogP contribution >= 0.6 is 15.9 Å². The van der Waals surface area contributed by atoms with Gasteiger partial charge in [-0.15, -0.1) is 0 Å². The lowest BCUT2D eigenvalue weighted by atomic mass is 10.0. The highest BCUT2D eigenvalue weighted by Crippen LogP contribution is 2.29. The Morgan fingerprint density at radius 2 is 2.15 bits per heavy atom. The highest BCUT2D eigenvalue weighted by Gasteiger charge is 2.34. The number of hydrogen-bond acceptors (Lipinski definition) is 3. The molecular formula is C15H16BrN3O. The molecule has 0 bridgehead atoms. The molecule has 1 atom stereocenters. The minimum Gasteiger partial charge on any atom is -0.310 e. The van der Waals surface area contributed by atoms with Crippen molar-refractivity contribution in [1.29, 1.82) is 5.26 Å². The number of amides is 1. The van der Waals surface area contributed by atoms with Crippen molar-refractivity contribution in [2.45, 2.75) is 37.8 Å². The lowest BCUT2D eigenvalue weighted by molar-refractivity contribution is -0.121. The lowest BCUT2D eigenvalue weighted by Gasteiger charge is -2.33. The molecule has 3 rings (SSSR count). The molecular weight excluding hydrogens is 318 g/mol. The minimum absolute atomic E-state index is 0.0951. The number of carbonyl (C=O) groups excluding carboxylic acids is 1. The van der Waals surface area contributed by atoms with E-state index >= 15 is 0 Å². The van der Waals surface area contributed by atoms with Crippen molar-refractivity contribution < 1.29 is 4.79 Å². The van der Waals surface area contributed by atoms with Crippen LogP contribution in [0.2, 0.25) is 0 Å². The van der Waals surface area contributed by atoms with Crippen LogP contribution in [0.1, 0.15) is 31.2 Å². The number of rotatable bonds is 3. The summed E-state index contributed by atoms with van der Waals surface area (Å²) >= 11 is 3.41. The average Bonchev–Trinajstić information content (AvgIpc) is 3.25. The van der Waals surface area contributed by atoms with Crippen LogP contribution in [-0.2, 0) is 4.79 Å². The van der Waals surface area contributed by atoms with E-state index in [9.17, 15) is 10.1 Å². The predicted octanol–water partition coefficient (Wildman–Crippen LogP) is 2.57. The fourth-order valence-corrected chi connectivity index (χ4v) is 2.98. The Morgan fingerprint density at radius 3 is 2.85 bits per heavy atom. The number of nitriles is 1. The van der Waals surface area contributed by atoms with Crippen molar-refractivity contribution in [3.8, 4) is 6.07 Å². The SMILES string of the molecule is N#Cc1ccc(Br)cc1N1CCCC(NC2CC2)C1=O. The monoisotopic (exact) mass is 333 g/mol. The van der Waals surface area contributed by atoms with Gasteiger partial charge in [-0.25, -0.2) is 0 Å². The molecule has 1 aromatic carbocycles. The van der Waals surface area contributed by atoms with Gasteiger partial charge in [0.15, 0.2) is 0 Å². The van der Waals surface area contributed by atoms with Gasteiger partial charge >= 0.3 is 0 Å². The summed E-state index contributed by atoms with van der Waals surface area (Å²) < 4.78 is 0.886. The molecule has 2 fully saturated rings. The molecule has 4 nitrogen and oxygen atoms in total. The Kier molecular flexibility index (Phi) is 3.77. The maximum Gasteiger partial charge on any atom is 0.244 e. The molecule has 1 N–H and O–H groups in total. The molecule has 1 unspecified atom stereocenters. The van der Waals surface area contributed by atoms with Gasteiger partial charge in [0, 0.05) is 17.1 Å². The fourth-order valence-electron chi connectivity index (χ4n) is 2.63. The maximum absolute atomic E-state index is 12.6. The lowest BCUT2D eigenvalue weighted by Crippen LogP contribution is -2.51. The third-order valence-electron chi connectivity index (χ3n) is 3.82. The zero-order chi connectivity index (χ0) is 14.1. The Bertz CT molecular complexity index is 577. The topological polar surface area (TPSA) is 56.1 Å². The number of carbonyl (C=O) groups is 1. The molecule has 5 heteroatoms. The number of hydrogen-bond donors (Lipinski definition) is 1. The number of piperidine rings is 1. The second-order valence-electron chi connectivity index (χ2n) is 5.40. The molecule has 1 saturated heterocycles. The highest BCUT2D eigenvalue weighted by atomic mass is 79.9. The van der Waals surface area contributed by atoms with Crippen LogP contribution in [0.25, 0.3) is 0 Å². The van der Waals surface area contributed by atoms with Crippen LogP contribution < -0.4 is 10.2 Å². The molecule has 0 aromatic heterocycles. The summed E-state index contributed by atoms with van der Waals surface area (Å²) in [5.41, 5.74) is 1.27. The third kappa shape index (κ3) is 2.72. The highest BCUT2D eigenvalue weighted by molar-refractivity contribution is 9.10. The molecule has 1 aliphatic heterocycles. The van der Waals surface area contributed by atoms with Crippen molar-refractivity contribution in [2.75, 3.05) is 11.4 Å². The standard InChI is InChI=1S/C15H16BrN3O/c16-11-4-3-10(9-17)14(8-11)19-7-1-2-13(15(19)20)18-12-5-6-12/h3-4,8,12-13,18H,1-2,5-7H2. The summed E-state index contributed by atoms with van der Waals surface area (Å²) in [4.78, 5) is 14.4. The first-order valence-electron chi connectivity index (χ1n) is 6.96. The summed E-state index contributed by atoms with van der Waals surface area (Å²) in [7, 11) is 0. The molecule has 1 saturated carbocycles. The van der Waals surface area contributed by atoms with Gasteiger partial charge in [0.1, 0.15) is 6.07 Å². The molecule has 2 aliphatic rings. The fraction of sp³-hybridized carbons (Fsp3) is 0.467. The molecule has 1 heterocycles. The molecule has 1 aromatic rings. The van der Waals surface area contributed by atoms with Crippen LogP contribution in [0.3, 0.4) is 0 Å². The van der Waals surface area contributed by atoms with Crippen LogP contribution in [-0.4, -0.2) is 24.5 Å². The van der Waals surface area contributed by atoms with E-state index in [0.29, 0.717) is 23.8 Å². The quantitative estimate of drug-likeness (QED) is 0.924. The van der Waals surface area contributed by atoms with Crippen LogP contribution in [0.5, 0.6) is 0 Å². The van der Waals surface area contributed by atoms with E-state index < -0.39 is 0 Å². The van der Waals surface area contributed by atoms with Gasteiger partial charge in [-0.1, -0.05) is 15.9 Å². The van der Waals surface area contributed by atoms with Gasteiger partial charge < -0.3 is 10.2 Å². The molecule has 104 valence electrons. The second-order valence-corrected chi connectivity index (χ2v) is 6.31. The van der Waals surface area contributed by atoms with Gasteiger partial charge in [0.25, 0.3) is 0 Å². The number of nitrogens with one attached hydrogen (secondary N) is 1. The van der Waals surface area contributed by atoms with Crippen molar-refractivity contribution in [1.82, 2.24) is 5.32 Å². The first kappa shape index (κ1) is 13.6. The maximum atomic E-state index is 12.6. The zero-order valence-electron chi connectivity index (χ0n) is 11.1. The van der Waals surface area contributed by atoms with E-state index in [0.717, 1.165) is 17.3 Å². The molecule has 20 heavy (non-hydrogen) atoms. The Balaban J connectivity index is 1.86. The van der Waals surface area contributed by atoms with Gasteiger partial charge in [0.2, 0.25) is 5.91 Å². The van der Waals surface area contributed by atoms with Gasteiger partial charge in [0.05, 0.1) is 17.3 Å². The predicted molar refractivity (Wildman–Crippen MR) is 80.4 cm³/mol. The van der Waals surface area contributed by atoms with E-state index in [1.165, 1.54) is 12.8 Å². The van der Waals surface area contributed by atoms with Gasteiger partial charge in [-0.05, 0) is 43.9 Å². The molecule has 0 radical (unpaired) electrons. The van der Waals surface area contributed by atoms with E-state index in [-0.39, 0.29) is 11.9 Å². The van der Waals surface area contributed by atoms with Crippen LogP contribution in [0, 0.1) is 11.3 Å². The molecule has 1 amide bonds. The third-order valence-corrected chi connectivity index (χ3v) is 4.32. The van der Waals surface area contributed by atoms with Crippen LogP contribution in [0.15, 0.2) is 22.7 Å². The van der Waals surface area contributed by atoms with Crippen molar-refractivity contribution in [2.24, 2.45) is 0 Å². The summed E-state index contributed by atoms with van der Waals surface area (Å²) in [5.74, 6) is 0.0951. The summed E-state index contributed by atoms with van der Waals surface area (Å²) in [5, 5.41) is 12.6. The number of benzene rings is 1. The normalized spacial score (nSPS) is 22.7. The second kappa shape index (κ2) is 5.55. The number of anilines is 1. The zero-order valence-corrected chi connectivity index (χ0v) is 12.7. The van der Waals surface area contributed by atoms with Gasteiger partial charge in [-0.2, -0.15) is 5.26 Å². The van der Waals surface area contributed by atoms with Crippen molar-refractivity contribution in [3.63, 3.8) is 0 Å². The molecule has 1 aliphatic carbocycles. The minimum atomic E-state index is -0.0956. The van der Waals surface area contributed by atoms with E-state index in [1.54, 1.807) is 11.0 Å². The van der Waals surface area contributed by atoms with Crippen molar-refractivity contribution in [3.05, 3.63) is 28.2 Å². The van der Waals surface area contributed by atoms with E-state index in [1.807, 2.05) is 12.1 Å². The Morgan fingerprint density at radius 1 is 1.35 bits per heavy atom. The number of halogens is 1. The van der Waals surface area contributed by atoms with E-state index in [2.05, 4.69) is 27.3 Å². The first-order valence-corrected chi connectivity index (χ1v) is 7.75. The van der Waals surface area contributed by atoms with E-state index in [4.69, 9.17) is 0 Å². The number of nitrogens with zero attached hydrogens (tertiary/aromatic N) is 2.